The zero-order chi connectivity index (χ0) is 15.0. The van der Waals surface area contributed by atoms with Crippen LogP contribution in [0.2, 0.25) is 10.0 Å². The lowest BCUT2D eigenvalue weighted by atomic mass is 10.0. The molecule has 0 saturated carbocycles. The van der Waals surface area contributed by atoms with Crippen LogP contribution in [0.3, 0.4) is 0 Å². The third-order valence-electron chi connectivity index (χ3n) is 3.27. The first kappa shape index (κ1) is 14.8. The predicted molar refractivity (Wildman–Crippen MR) is 88.2 cm³/mol. The van der Waals surface area contributed by atoms with Crippen molar-refractivity contribution in [2.24, 2.45) is 0 Å². The summed E-state index contributed by atoms with van der Waals surface area (Å²) in [6.07, 6.45) is 0. The van der Waals surface area contributed by atoms with Gasteiger partial charge in [-0.2, -0.15) is 0 Å². The van der Waals surface area contributed by atoms with E-state index in [0.717, 1.165) is 10.5 Å². The van der Waals surface area contributed by atoms with Crippen LogP contribution < -0.4 is 4.74 Å². The van der Waals surface area contributed by atoms with Crippen LogP contribution in [0.5, 0.6) is 5.75 Å². The molecular weight excluding hydrogens is 327 g/mol. The maximum atomic E-state index is 10.8. The molecule has 1 aliphatic heterocycles. The average Bonchev–Trinajstić information content (AvgIpc) is 2.71. The summed E-state index contributed by atoms with van der Waals surface area (Å²) in [7, 11) is 0. The molecule has 21 heavy (non-hydrogen) atoms. The molecule has 1 aliphatic rings. The number of hydrogen-bond acceptors (Lipinski definition) is 3. The number of rotatable bonds is 3. The second kappa shape index (κ2) is 5.58. The van der Waals surface area contributed by atoms with E-state index in [9.17, 15) is 5.11 Å². The van der Waals surface area contributed by atoms with Crippen molar-refractivity contribution in [1.29, 1.82) is 0 Å². The topological polar surface area (TPSA) is 29.5 Å². The van der Waals surface area contributed by atoms with Gasteiger partial charge in [0.1, 0.15) is 12.4 Å². The van der Waals surface area contributed by atoms with Crippen molar-refractivity contribution in [3.8, 4) is 5.75 Å². The van der Waals surface area contributed by atoms with Gasteiger partial charge in [0.05, 0.1) is 0 Å². The fourth-order valence-corrected chi connectivity index (χ4v) is 3.55. The van der Waals surface area contributed by atoms with E-state index in [2.05, 4.69) is 6.58 Å². The van der Waals surface area contributed by atoms with Gasteiger partial charge in [-0.25, -0.2) is 0 Å². The second-order valence-corrected chi connectivity index (χ2v) is 6.94. The molecule has 0 bridgehead atoms. The Hall–Kier alpha value is -1.13. The Morgan fingerprint density at radius 3 is 2.48 bits per heavy atom. The minimum absolute atomic E-state index is 0.102. The van der Waals surface area contributed by atoms with Gasteiger partial charge >= 0.3 is 0 Å². The van der Waals surface area contributed by atoms with E-state index in [1.54, 1.807) is 30.3 Å². The van der Waals surface area contributed by atoms with Crippen molar-refractivity contribution in [2.45, 2.75) is 9.83 Å². The van der Waals surface area contributed by atoms with Crippen LogP contribution in [0.15, 0.2) is 53.9 Å². The van der Waals surface area contributed by atoms with Crippen LogP contribution in [0.1, 0.15) is 5.56 Å². The van der Waals surface area contributed by atoms with Gasteiger partial charge in [0.15, 0.2) is 4.93 Å². The first-order chi connectivity index (χ1) is 9.98. The van der Waals surface area contributed by atoms with Crippen LogP contribution >= 0.6 is 35.0 Å². The molecule has 2 nitrogen and oxygen atoms in total. The highest BCUT2D eigenvalue weighted by atomic mass is 35.5. The zero-order valence-corrected chi connectivity index (χ0v) is 13.3. The molecule has 0 aromatic heterocycles. The first-order valence-corrected chi connectivity index (χ1v) is 7.84. The molecule has 5 heteroatoms. The SMILES string of the molecule is C=C1c2cc(Cl)ccc2SC1(O)COc1ccc(Cl)cc1. The van der Waals surface area contributed by atoms with Crippen molar-refractivity contribution >= 4 is 40.5 Å². The largest absolute Gasteiger partial charge is 0.489 e. The smallest absolute Gasteiger partial charge is 0.174 e. The van der Waals surface area contributed by atoms with Gasteiger partial charge in [-0.15, -0.1) is 0 Å². The molecule has 108 valence electrons. The lowest BCUT2D eigenvalue weighted by Gasteiger charge is -2.23. The molecule has 0 radical (unpaired) electrons. The Bertz CT molecular complexity index is 700. The zero-order valence-electron chi connectivity index (χ0n) is 11.0. The molecule has 0 aliphatic carbocycles. The third kappa shape index (κ3) is 2.92. The maximum Gasteiger partial charge on any atom is 0.174 e. The van der Waals surface area contributed by atoms with Crippen LogP contribution in [0.25, 0.3) is 5.57 Å². The molecule has 0 saturated heterocycles. The summed E-state index contributed by atoms with van der Waals surface area (Å²) in [5.74, 6) is 0.648. The van der Waals surface area contributed by atoms with Crippen LogP contribution in [0, 0.1) is 0 Å². The minimum Gasteiger partial charge on any atom is -0.489 e. The number of fused-ring (bicyclic) bond motifs is 1. The second-order valence-electron chi connectivity index (χ2n) is 4.75. The highest BCUT2D eigenvalue weighted by Gasteiger charge is 2.41. The van der Waals surface area contributed by atoms with Gasteiger partial charge in [0.25, 0.3) is 0 Å². The van der Waals surface area contributed by atoms with Crippen molar-refractivity contribution < 1.29 is 9.84 Å². The van der Waals surface area contributed by atoms with Gasteiger partial charge < -0.3 is 9.84 Å². The predicted octanol–water partition coefficient (Wildman–Crippen LogP) is 4.88. The fraction of sp³-hybridized carbons (Fsp3) is 0.125. The van der Waals surface area contributed by atoms with Gasteiger partial charge in [-0.3, -0.25) is 0 Å². The summed E-state index contributed by atoms with van der Waals surface area (Å²) in [5, 5.41) is 12.0. The average molecular weight is 339 g/mol. The van der Waals surface area contributed by atoms with E-state index in [1.807, 2.05) is 12.1 Å². The number of halogens is 2. The molecule has 1 N–H and O–H groups in total. The Morgan fingerprint density at radius 1 is 1.10 bits per heavy atom. The molecule has 2 aromatic carbocycles. The minimum atomic E-state index is -1.19. The first-order valence-electron chi connectivity index (χ1n) is 6.27. The molecule has 2 aromatic rings. The normalized spacial score (nSPS) is 20.4. The highest BCUT2D eigenvalue weighted by Crippen LogP contribution is 2.51. The number of ether oxygens (including phenoxy) is 1. The summed E-state index contributed by atoms with van der Waals surface area (Å²) >= 11 is 13.1. The van der Waals surface area contributed by atoms with Crippen LogP contribution in [-0.4, -0.2) is 16.6 Å². The van der Waals surface area contributed by atoms with E-state index in [0.29, 0.717) is 21.4 Å². The number of thioether (sulfide) groups is 1. The molecular formula is C16H12Cl2O2S. The van der Waals surface area contributed by atoms with Crippen LogP contribution in [-0.2, 0) is 0 Å². The monoisotopic (exact) mass is 338 g/mol. The molecule has 0 amide bonds. The summed E-state index contributed by atoms with van der Waals surface area (Å²) < 4.78 is 5.66. The van der Waals surface area contributed by atoms with Gasteiger partial charge in [-0.1, -0.05) is 41.5 Å². The third-order valence-corrected chi connectivity index (χ3v) is 5.03. The number of benzene rings is 2. The Morgan fingerprint density at radius 2 is 1.76 bits per heavy atom. The van der Waals surface area contributed by atoms with Gasteiger partial charge in [0, 0.05) is 14.9 Å². The molecule has 0 fully saturated rings. The van der Waals surface area contributed by atoms with Gasteiger partial charge in [0.2, 0.25) is 0 Å². The van der Waals surface area contributed by atoms with Gasteiger partial charge in [-0.05, 0) is 53.6 Å². The van der Waals surface area contributed by atoms with Crippen LogP contribution in [0.4, 0.5) is 0 Å². The summed E-state index contributed by atoms with van der Waals surface area (Å²) in [5.41, 5.74) is 1.48. The quantitative estimate of drug-likeness (QED) is 0.864. The van der Waals surface area contributed by atoms with E-state index in [4.69, 9.17) is 27.9 Å². The van der Waals surface area contributed by atoms with Crippen molar-refractivity contribution in [3.05, 3.63) is 64.7 Å². The Balaban J connectivity index is 1.77. The number of hydrogen-bond donors (Lipinski definition) is 1. The molecule has 0 spiro atoms. The lowest BCUT2D eigenvalue weighted by molar-refractivity contribution is 0.126. The number of aliphatic hydroxyl groups is 1. The van der Waals surface area contributed by atoms with Crippen molar-refractivity contribution in [2.75, 3.05) is 6.61 Å². The highest BCUT2D eigenvalue weighted by molar-refractivity contribution is 8.01. The van der Waals surface area contributed by atoms with E-state index < -0.39 is 4.93 Å². The van der Waals surface area contributed by atoms with E-state index in [-0.39, 0.29) is 6.61 Å². The standard InChI is InChI=1S/C16H12Cl2O2S/c1-10-14-8-12(18)4-7-15(14)21-16(10,19)9-20-13-5-2-11(17)3-6-13/h2-8,19H,1,9H2. The van der Waals surface area contributed by atoms with E-state index >= 15 is 0 Å². The summed E-state index contributed by atoms with van der Waals surface area (Å²) in [6, 6.07) is 12.5. The summed E-state index contributed by atoms with van der Waals surface area (Å²) in [4.78, 5) is -0.237. The maximum absolute atomic E-state index is 10.8. The van der Waals surface area contributed by atoms with Crippen molar-refractivity contribution in [3.63, 3.8) is 0 Å². The molecule has 3 rings (SSSR count). The van der Waals surface area contributed by atoms with Crippen molar-refractivity contribution in [1.82, 2.24) is 0 Å². The molecule has 1 heterocycles. The Kier molecular flexibility index (Phi) is 3.93. The summed E-state index contributed by atoms with van der Waals surface area (Å²) in [6.45, 7) is 4.09. The lowest BCUT2D eigenvalue weighted by Crippen LogP contribution is -2.30. The fourth-order valence-electron chi connectivity index (χ4n) is 2.11. The molecule has 1 atom stereocenters. The Labute approximate surface area is 137 Å². The molecule has 1 unspecified atom stereocenters. The van der Waals surface area contributed by atoms with E-state index in [1.165, 1.54) is 11.8 Å².